The maximum absolute atomic E-state index is 12.9. The van der Waals surface area contributed by atoms with Gasteiger partial charge in [0.25, 0.3) is 5.91 Å². The van der Waals surface area contributed by atoms with Crippen molar-refractivity contribution >= 4 is 17.4 Å². The first-order valence-corrected chi connectivity index (χ1v) is 6.51. The molecule has 5 heteroatoms. The fourth-order valence-electron chi connectivity index (χ4n) is 2.79. The van der Waals surface area contributed by atoms with E-state index in [1.54, 1.807) is 24.3 Å². The molecule has 4 nitrogen and oxygen atoms in total. The second-order valence-corrected chi connectivity index (χ2v) is 5.10. The summed E-state index contributed by atoms with van der Waals surface area (Å²) in [7, 11) is 0. The van der Waals surface area contributed by atoms with E-state index >= 15 is 0 Å². The van der Waals surface area contributed by atoms with Gasteiger partial charge in [-0.25, -0.2) is 4.39 Å². The molecule has 21 heavy (non-hydrogen) atoms. The van der Waals surface area contributed by atoms with E-state index in [-0.39, 0.29) is 11.7 Å². The number of epoxide rings is 1. The molecule has 2 heterocycles. The molecular weight excluding hydrogens is 273 g/mol. The summed E-state index contributed by atoms with van der Waals surface area (Å²) in [5.74, 6) is -1.06. The van der Waals surface area contributed by atoms with Gasteiger partial charge in [-0.05, 0) is 30.3 Å². The molecule has 1 fully saturated rings. The number of carbonyl (C=O) groups excluding carboxylic acids is 2. The number of nitrogens with one attached hydrogen (secondary N) is 1. The van der Waals surface area contributed by atoms with E-state index < -0.39 is 17.5 Å². The molecule has 2 aliphatic rings. The Morgan fingerprint density at radius 3 is 2.62 bits per heavy atom. The topological polar surface area (TPSA) is 58.7 Å². The molecule has 4 rings (SSSR count). The van der Waals surface area contributed by atoms with E-state index in [9.17, 15) is 14.0 Å². The molecule has 1 amide bonds. The van der Waals surface area contributed by atoms with E-state index in [4.69, 9.17) is 4.74 Å². The number of ether oxygens (including phenoxy) is 1. The van der Waals surface area contributed by atoms with E-state index in [0.29, 0.717) is 16.8 Å². The second-order valence-electron chi connectivity index (χ2n) is 5.10. The molecule has 0 bridgehead atoms. The molecule has 1 N–H and O–H groups in total. The molecule has 2 atom stereocenters. The molecular formula is C16H10FNO3. The van der Waals surface area contributed by atoms with Crippen LogP contribution in [0, 0.1) is 5.82 Å². The van der Waals surface area contributed by atoms with Crippen LogP contribution in [0.4, 0.5) is 10.1 Å². The van der Waals surface area contributed by atoms with Crippen molar-refractivity contribution in [3.05, 3.63) is 65.5 Å². The van der Waals surface area contributed by atoms with Gasteiger partial charge in [-0.3, -0.25) is 9.59 Å². The highest BCUT2D eigenvalue weighted by molar-refractivity contribution is 6.15. The Kier molecular flexibility index (Phi) is 2.32. The summed E-state index contributed by atoms with van der Waals surface area (Å²) >= 11 is 0. The first-order valence-electron chi connectivity index (χ1n) is 6.51. The molecule has 104 valence electrons. The Labute approximate surface area is 119 Å². The zero-order chi connectivity index (χ0) is 14.6. The summed E-state index contributed by atoms with van der Waals surface area (Å²) in [5.41, 5.74) is 0.449. The average Bonchev–Trinajstić information content (AvgIpc) is 3.18. The summed E-state index contributed by atoms with van der Waals surface area (Å²) < 4.78 is 18.4. The molecule has 1 saturated heterocycles. The van der Waals surface area contributed by atoms with E-state index in [1.807, 2.05) is 0 Å². The average molecular weight is 283 g/mol. The minimum Gasteiger partial charge on any atom is -0.342 e. The Hall–Kier alpha value is -2.53. The number of rotatable bonds is 2. The third-order valence-corrected chi connectivity index (χ3v) is 3.90. The molecule has 2 aromatic carbocycles. The van der Waals surface area contributed by atoms with E-state index in [0.717, 1.165) is 0 Å². The summed E-state index contributed by atoms with van der Waals surface area (Å²) in [6.07, 6.45) is -0.855. The van der Waals surface area contributed by atoms with E-state index in [2.05, 4.69) is 5.32 Å². The third-order valence-electron chi connectivity index (χ3n) is 3.90. The number of anilines is 1. The number of ketones is 1. The van der Waals surface area contributed by atoms with Gasteiger partial charge in [-0.1, -0.05) is 18.2 Å². The van der Waals surface area contributed by atoms with Crippen molar-refractivity contribution in [1.82, 2.24) is 0 Å². The first-order chi connectivity index (χ1) is 10.1. The molecule has 0 unspecified atom stereocenters. The van der Waals surface area contributed by atoms with Crippen LogP contribution >= 0.6 is 0 Å². The van der Waals surface area contributed by atoms with Crippen molar-refractivity contribution in [2.45, 2.75) is 11.7 Å². The van der Waals surface area contributed by atoms with Gasteiger partial charge in [0.2, 0.25) is 5.60 Å². The first kappa shape index (κ1) is 12.2. The van der Waals surface area contributed by atoms with Gasteiger partial charge in [0, 0.05) is 16.8 Å². The monoisotopic (exact) mass is 283 g/mol. The lowest BCUT2D eigenvalue weighted by molar-refractivity contribution is -0.120. The van der Waals surface area contributed by atoms with Gasteiger partial charge in [0.15, 0.2) is 11.9 Å². The highest BCUT2D eigenvalue weighted by Crippen LogP contribution is 2.54. The number of para-hydroxylation sites is 1. The maximum Gasteiger partial charge on any atom is 0.264 e. The fourth-order valence-corrected chi connectivity index (χ4v) is 2.79. The number of Topliss-reactive ketones (excluding diaryl/α,β-unsaturated/α-hetero) is 1. The Morgan fingerprint density at radius 1 is 1.14 bits per heavy atom. The minimum absolute atomic E-state index is 0.318. The molecule has 0 saturated carbocycles. The standard InChI is InChI=1S/C16H10FNO3/c17-10-7-5-9(6-8-10)13(19)14-16(21-14)11-3-1-2-4-12(11)18-15(16)20/h1-8,14H,(H,18,20)/t14-,16-/m0/s1. The number of hydrogen-bond acceptors (Lipinski definition) is 3. The summed E-state index contributed by atoms with van der Waals surface area (Å²) in [6, 6.07) is 12.3. The number of fused-ring (bicyclic) bond motifs is 2. The largest absolute Gasteiger partial charge is 0.342 e. The predicted octanol–water partition coefficient (Wildman–Crippen LogP) is 2.25. The van der Waals surface area contributed by atoms with Crippen molar-refractivity contribution < 1.29 is 18.7 Å². The third kappa shape index (κ3) is 1.58. The molecule has 0 aromatic heterocycles. The van der Waals surface area contributed by atoms with Crippen LogP contribution in [-0.2, 0) is 15.1 Å². The van der Waals surface area contributed by atoms with Gasteiger partial charge in [0.05, 0.1) is 0 Å². The van der Waals surface area contributed by atoms with Crippen LogP contribution in [0.1, 0.15) is 15.9 Å². The maximum atomic E-state index is 12.9. The second kappa shape index (κ2) is 3.99. The van der Waals surface area contributed by atoms with Crippen LogP contribution in [0.3, 0.4) is 0 Å². The lowest BCUT2D eigenvalue weighted by Gasteiger charge is -2.02. The molecule has 2 aliphatic heterocycles. The summed E-state index contributed by atoms with van der Waals surface area (Å²) in [5, 5.41) is 2.72. The minimum atomic E-state index is -1.22. The number of benzene rings is 2. The molecule has 0 aliphatic carbocycles. The normalized spacial score (nSPS) is 25.6. The van der Waals surface area contributed by atoms with Gasteiger partial charge in [0.1, 0.15) is 5.82 Å². The smallest absolute Gasteiger partial charge is 0.264 e. The zero-order valence-corrected chi connectivity index (χ0v) is 10.8. The predicted molar refractivity (Wildman–Crippen MR) is 72.4 cm³/mol. The fraction of sp³-hybridized carbons (Fsp3) is 0.125. The van der Waals surface area contributed by atoms with Crippen molar-refractivity contribution in [2.75, 3.05) is 5.32 Å². The van der Waals surface area contributed by atoms with Crippen molar-refractivity contribution in [3.8, 4) is 0 Å². The van der Waals surface area contributed by atoms with Crippen LogP contribution in [0.15, 0.2) is 48.5 Å². The van der Waals surface area contributed by atoms with Crippen LogP contribution in [0.2, 0.25) is 0 Å². The summed E-state index contributed by atoms with van der Waals surface area (Å²) in [6.45, 7) is 0. The highest BCUT2D eigenvalue weighted by Gasteiger charge is 2.70. The van der Waals surface area contributed by atoms with Crippen molar-refractivity contribution in [2.24, 2.45) is 0 Å². The van der Waals surface area contributed by atoms with Gasteiger partial charge in [-0.2, -0.15) is 0 Å². The SMILES string of the molecule is O=C(c1ccc(F)cc1)[C@@H]1O[C@]12C(=O)Nc1ccccc12. The van der Waals surface area contributed by atoms with Crippen molar-refractivity contribution in [3.63, 3.8) is 0 Å². The van der Waals surface area contributed by atoms with Crippen LogP contribution < -0.4 is 5.32 Å². The number of amides is 1. The zero-order valence-electron chi connectivity index (χ0n) is 10.8. The van der Waals surface area contributed by atoms with Gasteiger partial charge < -0.3 is 10.1 Å². The quantitative estimate of drug-likeness (QED) is 0.679. The van der Waals surface area contributed by atoms with Gasteiger partial charge >= 0.3 is 0 Å². The van der Waals surface area contributed by atoms with Gasteiger partial charge in [-0.15, -0.1) is 0 Å². The highest BCUT2D eigenvalue weighted by atomic mass is 19.1. The Morgan fingerprint density at radius 2 is 1.86 bits per heavy atom. The van der Waals surface area contributed by atoms with Crippen LogP contribution in [0.25, 0.3) is 0 Å². The number of halogens is 1. The van der Waals surface area contributed by atoms with Crippen LogP contribution in [-0.4, -0.2) is 17.8 Å². The lowest BCUT2D eigenvalue weighted by atomic mass is 9.92. The Balaban J connectivity index is 1.70. The molecule has 0 radical (unpaired) electrons. The lowest BCUT2D eigenvalue weighted by Crippen LogP contribution is -2.27. The van der Waals surface area contributed by atoms with Crippen LogP contribution in [0.5, 0.6) is 0 Å². The number of carbonyl (C=O) groups is 2. The molecule has 2 aromatic rings. The Bertz CT molecular complexity index is 771. The summed E-state index contributed by atoms with van der Waals surface area (Å²) in [4.78, 5) is 24.6. The van der Waals surface area contributed by atoms with E-state index in [1.165, 1.54) is 24.3 Å². The molecule has 1 spiro atoms. The van der Waals surface area contributed by atoms with Crippen molar-refractivity contribution in [1.29, 1.82) is 0 Å². The number of hydrogen-bond donors (Lipinski definition) is 1.